The SMILES string of the molecule is NC(CC(=O)O)C(=O)NC(CCC(=O)O)C(=O)N1CCCC1C(=O)NC(Cc1c[nH]c2ccccc12)C(=O)O. The normalized spacial score (nSPS) is 17.3. The fraction of sp³-hybridized carbons (Fsp3) is 0.440. The number of likely N-dealkylation sites (tertiary alicyclic amines) is 1. The Hall–Kier alpha value is -4.46. The van der Waals surface area contributed by atoms with Crippen molar-refractivity contribution in [2.45, 2.75) is 62.7 Å². The van der Waals surface area contributed by atoms with Gasteiger partial charge in [-0.25, -0.2) is 4.79 Å². The predicted octanol–water partition coefficient (Wildman–Crippen LogP) is -0.578. The molecule has 1 aliphatic rings. The van der Waals surface area contributed by atoms with Crippen LogP contribution >= 0.6 is 0 Å². The number of nitrogens with zero attached hydrogens (tertiary/aromatic N) is 1. The molecule has 4 unspecified atom stereocenters. The molecule has 14 heteroatoms. The summed E-state index contributed by atoms with van der Waals surface area (Å²) in [5.41, 5.74) is 7.07. The van der Waals surface area contributed by atoms with Gasteiger partial charge in [0.25, 0.3) is 0 Å². The Bertz CT molecular complexity index is 1260. The van der Waals surface area contributed by atoms with Crippen LogP contribution in [0, 0.1) is 0 Å². The van der Waals surface area contributed by atoms with Crippen molar-refractivity contribution in [3.8, 4) is 0 Å². The molecule has 1 fully saturated rings. The summed E-state index contributed by atoms with van der Waals surface area (Å²) in [6, 6.07) is 2.13. The van der Waals surface area contributed by atoms with Crippen molar-refractivity contribution in [2.75, 3.05) is 6.54 Å². The lowest BCUT2D eigenvalue weighted by Crippen LogP contribution is -2.57. The smallest absolute Gasteiger partial charge is 0.326 e. The number of fused-ring (bicyclic) bond motifs is 1. The van der Waals surface area contributed by atoms with E-state index >= 15 is 0 Å². The van der Waals surface area contributed by atoms with Gasteiger partial charge in [0.2, 0.25) is 17.7 Å². The number of amides is 3. The first kappa shape index (κ1) is 29.1. The van der Waals surface area contributed by atoms with E-state index in [0.29, 0.717) is 12.0 Å². The van der Waals surface area contributed by atoms with Gasteiger partial charge in [-0.15, -0.1) is 0 Å². The minimum atomic E-state index is -1.47. The number of carboxylic acid groups (broad SMARTS) is 3. The molecule has 0 radical (unpaired) electrons. The number of H-pyrrole nitrogens is 1. The van der Waals surface area contributed by atoms with E-state index in [9.17, 15) is 33.9 Å². The molecule has 0 saturated carbocycles. The Balaban J connectivity index is 1.73. The Morgan fingerprint density at radius 2 is 1.74 bits per heavy atom. The maximum Gasteiger partial charge on any atom is 0.326 e. The Morgan fingerprint density at radius 1 is 1.03 bits per heavy atom. The topological polar surface area (TPSA) is 232 Å². The Labute approximate surface area is 222 Å². The number of hydrogen-bond donors (Lipinski definition) is 7. The van der Waals surface area contributed by atoms with E-state index in [1.54, 1.807) is 6.20 Å². The molecule has 1 aromatic heterocycles. The Kier molecular flexibility index (Phi) is 9.60. The van der Waals surface area contributed by atoms with Crippen molar-refractivity contribution in [3.63, 3.8) is 0 Å². The average molecular weight is 546 g/mol. The number of aromatic nitrogens is 1. The first-order valence-electron chi connectivity index (χ1n) is 12.4. The second-order valence-corrected chi connectivity index (χ2v) is 9.35. The predicted molar refractivity (Wildman–Crippen MR) is 135 cm³/mol. The molecule has 1 aliphatic heterocycles. The van der Waals surface area contributed by atoms with Crippen molar-refractivity contribution in [3.05, 3.63) is 36.0 Å². The number of carbonyl (C=O) groups excluding carboxylic acids is 3. The quantitative estimate of drug-likeness (QED) is 0.169. The number of hydrogen-bond acceptors (Lipinski definition) is 7. The van der Waals surface area contributed by atoms with Crippen LogP contribution in [0.5, 0.6) is 0 Å². The van der Waals surface area contributed by atoms with Crippen LogP contribution in [-0.2, 0) is 35.2 Å². The lowest BCUT2D eigenvalue weighted by atomic mass is 10.0. The highest BCUT2D eigenvalue weighted by Gasteiger charge is 2.39. The molecule has 0 aliphatic carbocycles. The molecule has 3 amide bonds. The molecule has 8 N–H and O–H groups in total. The molecule has 4 atom stereocenters. The molecule has 39 heavy (non-hydrogen) atoms. The number of para-hydroxylation sites is 1. The van der Waals surface area contributed by atoms with Crippen LogP contribution in [0.1, 0.15) is 37.7 Å². The van der Waals surface area contributed by atoms with E-state index in [2.05, 4.69) is 15.6 Å². The summed E-state index contributed by atoms with van der Waals surface area (Å²) in [6.45, 7) is 0.123. The zero-order chi connectivity index (χ0) is 28.7. The van der Waals surface area contributed by atoms with Crippen LogP contribution < -0.4 is 16.4 Å². The van der Waals surface area contributed by atoms with Crippen LogP contribution in [0.25, 0.3) is 10.9 Å². The standard InChI is InChI=1S/C25H31N5O9/c26-15(11-21(33)34)22(35)28-17(7-8-20(31)32)24(37)30-9-3-6-19(30)23(36)29-18(25(38)39)10-13-12-27-16-5-2-1-4-14(13)16/h1-2,4-5,12,15,17-19,27H,3,6-11,26H2,(H,28,35)(H,29,36)(H,31,32)(H,33,34)(H,38,39). The van der Waals surface area contributed by atoms with Gasteiger partial charge in [0, 0.05) is 36.5 Å². The van der Waals surface area contributed by atoms with Gasteiger partial charge in [0.1, 0.15) is 18.1 Å². The van der Waals surface area contributed by atoms with Crippen molar-refractivity contribution in [1.82, 2.24) is 20.5 Å². The molecule has 0 spiro atoms. The zero-order valence-electron chi connectivity index (χ0n) is 21.0. The molecule has 1 aromatic carbocycles. The Morgan fingerprint density at radius 3 is 2.41 bits per heavy atom. The molecular formula is C25H31N5O9. The van der Waals surface area contributed by atoms with Crippen LogP contribution in [-0.4, -0.2) is 91.5 Å². The van der Waals surface area contributed by atoms with Crippen LogP contribution in [0.15, 0.2) is 30.5 Å². The number of aliphatic carboxylic acids is 3. The molecule has 2 aromatic rings. The monoisotopic (exact) mass is 545 g/mol. The molecule has 210 valence electrons. The van der Waals surface area contributed by atoms with E-state index in [-0.39, 0.29) is 25.8 Å². The third-order valence-electron chi connectivity index (χ3n) is 6.54. The second-order valence-electron chi connectivity index (χ2n) is 9.35. The van der Waals surface area contributed by atoms with Gasteiger partial charge in [-0.05, 0) is 30.9 Å². The van der Waals surface area contributed by atoms with Gasteiger partial charge in [-0.2, -0.15) is 0 Å². The van der Waals surface area contributed by atoms with Crippen LogP contribution in [0.3, 0.4) is 0 Å². The van der Waals surface area contributed by atoms with Gasteiger partial charge in [-0.1, -0.05) is 18.2 Å². The highest BCUT2D eigenvalue weighted by molar-refractivity contribution is 5.95. The molecule has 0 bridgehead atoms. The van der Waals surface area contributed by atoms with Crippen molar-refractivity contribution >= 4 is 46.5 Å². The average Bonchev–Trinajstić information content (AvgIpc) is 3.52. The van der Waals surface area contributed by atoms with Gasteiger partial charge < -0.3 is 41.6 Å². The van der Waals surface area contributed by atoms with E-state index in [0.717, 1.165) is 10.9 Å². The maximum atomic E-state index is 13.3. The number of rotatable bonds is 13. The van der Waals surface area contributed by atoms with E-state index in [4.69, 9.17) is 15.9 Å². The molecular weight excluding hydrogens is 514 g/mol. The maximum absolute atomic E-state index is 13.3. The number of benzene rings is 1. The first-order valence-corrected chi connectivity index (χ1v) is 12.4. The number of aromatic amines is 1. The molecule has 14 nitrogen and oxygen atoms in total. The lowest BCUT2D eigenvalue weighted by Gasteiger charge is -2.29. The fourth-order valence-electron chi connectivity index (χ4n) is 4.58. The van der Waals surface area contributed by atoms with E-state index in [1.165, 1.54) is 4.90 Å². The summed E-state index contributed by atoms with van der Waals surface area (Å²) >= 11 is 0. The summed E-state index contributed by atoms with van der Waals surface area (Å²) in [5.74, 6) is -6.21. The minimum Gasteiger partial charge on any atom is -0.481 e. The summed E-state index contributed by atoms with van der Waals surface area (Å²) in [7, 11) is 0. The van der Waals surface area contributed by atoms with Crippen molar-refractivity contribution in [1.29, 1.82) is 0 Å². The van der Waals surface area contributed by atoms with E-state index in [1.807, 2.05) is 24.3 Å². The van der Waals surface area contributed by atoms with E-state index < -0.39 is 72.6 Å². The largest absolute Gasteiger partial charge is 0.481 e. The minimum absolute atomic E-state index is 0.00941. The number of nitrogens with two attached hydrogens (primary N) is 1. The van der Waals surface area contributed by atoms with Crippen molar-refractivity contribution in [2.24, 2.45) is 5.73 Å². The van der Waals surface area contributed by atoms with Gasteiger partial charge in [0.15, 0.2) is 0 Å². The summed E-state index contributed by atoms with van der Waals surface area (Å²) in [5, 5.41) is 33.3. The molecule has 3 rings (SSSR count). The van der Waals surface area contributed by atoms with Gasteiger partial charge in [-0.3, -0.25) is 24.0 Å². The summed E-state index contributed by atoms with van der Waals surface area (Å²) in [4.78, 5) is 77.1. The fourth-order valence-corrected chi connectivity index (χ4v) is 4.58. The third-order valence-corrected chi connectivity index (χ3v) is 6.54. The number of nitrogens with one attached hydrogen (secondary N) is 3. The zero-order valence-corrected chi connectivity index (χ0v) is 21.0. The lowest BCUT2D eigenvalue weighted by molar-refractivity contribution is -0.145. The molecule has 2 heterocycles. The van der Waals surface area contributed by atoms with Crippen LogP contribution in [0.2, 0.25) is 0 Å². The van der Waals surface area contributed by atoms with Gasteiger partial charge in [0.05, 0.1) is 12.5 Å². The second kappa shape index (κ2) is 12.9. The number of carbonyl (C=O) groups is 6. The highest BCUT2D eigenvalue weighted by Crippen LogP contribution is 2.22. The highest BCUT2D eigenvalue weighted by atomic mass is 16.4. The summed E-state index contributed by atoms with van der Waals surface area (Å²) in [6.07, 6.45) is 0.808. The van der Waals surface area contributed by atoms with Crippen LogP contribution in [0.4, 0.5) is 0 Å². The number of carboxylic acids is 3. The van der Waals surface area contributed by atoms with Gasteiger partial charge >= 0.3 is 17.9 Å². The molecule has 1 saturated heterocycles. The third kappa shape index (κ3) is 7.54. The first-order chi connectivity index (χ1) is 18.5. The van der Waals surface area contributed by atoms with Crippen molar-refractivity contribution < 1.29 is 44.1 Å². The summed E-state index contributed by atoms with van der Waals surface area (Å²) < 4.78 is 0.